The Kier molecular flexibility index (Phi) is 1.89. The quantitative estimate of drug-likeness (QED) is 0.743. The molecule has 5 heteroatoms. The first-order valence-electron chi connectivity index (χ1n) is 4.58. The Morgan fingerprint density at radius 3 is 3.00 bits per heavy atom. The highest BCUT2D eigenvalue weighted by molar-refractivity contribution is 6.27. The van der Waals surface area contributed by atoms with E-state index in [1.807, 2.05) is 18.2 Å². The third-order valence-electron chi connectivity index (χ3n) is 2.34. The maximum atomic E-state index is 5.56. The van der Waals surface area contributed by atoms with Crippen LogP contribution in [0.25, 0.3) is 11.5 Å². The average Bonchev–Trinajstić information content (AvgIpc) is 2.84. The van der Waals surface area contributed by atoms with E-state index >= 15 is 0 Å². The van der Waals surface area contributed by atoms with E-state index in [0.29, 0.717) is 5.89 Å². The van der Waals surface area contributed by atoms with Crippen molar-refractivity contribution in [3.63, 3.8) is 0 Å². The molecule has 1 aromatic heterocycles. The van der Waals surface area contributed by atoms with Gasteiger partial charge in [-0.2, -0.15) is 0 Å². The molecule has 0 amide bonds. The zero-order chi connectivity index (χ0) is 10.3. The number of benzene rings is 1. The number of fused-ring (bicyclic) bond motifs is 1. The van der Waals surface area contributed by atoms with Crippen LogP contribution in [-0.4, -0.2) is 16.8 Å². The van der Waals surface area contributed by atoms with Crippen molar-refractivity contribution in [3.8, 4) is 17.2 Å². The molecule has 1 aliphatic heterocycles. The minimum Gasteiger partial charge on any atom is -0.493 e. The van der Waals surface area contributed by atoms with Crippen molar-refractivity contribution in [2.75, 3.05) is 6.61 Å². The molecule has 0 fully saturated rings. The Labute approximate surface area is 90.8 Å². The van der Waals surface area contributed by atoms with Crippen molar-refractivity contribution >= 4 is 11.6 Å². The van der Waals surface area contributed by atoms with Gasteiger partial charge in [0.1, 0.15) is 5.75 Å². The van der Waals surface area contributed by atoms with E-state index in [-0.39, 0.29) is 5.35 Å². The van der Waals surface area contributed by atoms with Gasteiger partial charge in [-0.3, -0.25) is 0 Å². The molecule has 76 valence electrons. The maximum absolute atomic E-state index is 5.56. The van der Waals surface area contributed by atoms with E-state index in [0.717, 1.165) is 24.3 Å². The molecule has 1 aromatic carbocycles. The highest BCUT2D eigenvalue weighted by atomic mass is 35.5. The molecule has 2 aromatic rings. The Bertz CT molecular complexity index is 510. The number of hydrogen-bond donors (Lipinski definition) is 0. The number of halogens is 1. The fourth-order valence-corrected chi connectivity index (χ4v) is 1.75. The summed E-state index contributed by atoms with van der Waals surface area (Å²) in [4.78, 5) is 0. The zero-order valence-corrected chi connectivity index (χ0v) is 8.49. The largest absolute Gasteiger partial charge is 0.493 e. The standard InChI is InChI=1S/C10H7ClN2O2/c11-10-13-12-9(15-10)7-1-2-8-6(5-7)3-4-14-8/h1-2,5H,3-4H2. The summed E-state index contributed by atoms with van der Waals surface area (Å²) in [5, 5.41) is 7.48. The maximum Gasteiger partial charge on any atom is 0.313 e. The first-order chi connectivity index (χ1) is 7.33. The minimum atomic E-state index is 0.0572. The Balaban J connectivity index is 2.06. The lowest BCUT2D eigenvalue weighted by molar-refractivity contribution is 0.357. The predicted molar refractivity (Wildman–Crippen MR) is 53.9 cm³/mol. The van der Waals surface area contributed by atoms with Gasteiger partial charge >= 0.3 is 5.35 Å². The van der Waals surface area contributed by atoms with Gasteiger partial charge in [0.15, 0.2) is 0 Å². The molecular weight excluding hydrogens is 216 g/mol. The van der Waals surface area contributed by atoms with Crippen LogP contribution in [0, 0.1) is 0 Å². The van der Waals surface area contributed by atoms with E-state index < -0.39 is 0 Å². The second-order valence-electron chi connectivity index (χ2n) is 3.28. The number of ether oxygens (including phenoxy) is 1. The van der Waals surface area contributed by atoms with E-state index in [4.69, 9.17) is 20.8 Å². The van der Waals surface area contributed by atoms with Crippen LogP contribution in [0.4, 0.5) is 0 Å². The van der Waals surface area contributed by atoms with E-state index in [2.05, 4.69) is 10.2 Å². The second kappa shape index (κ2) is 3.24. The number of aromatic nitrogens is 2. The van der Waals surface area contributed by atoms with Gasteiger partial charge in [0.05, 0.1) is 6.61 Å². The van der Waals surface area contributed by atoms with Crippen LogP contribution in [0.3, 0.4) is 0 Å². The molecule has 1 aliphatic rings. The predicted octanol–water partition coefficient (Wildman–Crippen LogP) is 2.32. The molecule has 0 saturated heterocycles. The molecule has 0 unspecified atom stereocenters. The summed E-state index contributed by atoms with van der Waals surface area (Å²) in [6.07, 6.45) is 0.922. The molecule has 3 rings (SSSR count). The molecule has 0 radical (unpaired) electrons. The fourth-order valence-electron chi connectivity index (χ4n) is 1.64. The summed E-state index contributed by atoms with van der Waals surface area (Å²) in [5.74, 6) is 1.37. The molecular formula is C10H7ClN2O2. The molecule has 15 heavy (non-hydrogen) atoms. The Morgan fingerprint density at radius 2 is 2.20 bits per heavy atom. The van der Waals surface area contributed by atoms with Gasteiger partial charge in [-0.05, 0) is 35.4 Å². The normalized spacial score (nSPS) is 13.7. The van der Waals surface area contributed by atoms with Gasteiger partial charge in [-0.1, -0.05) is 5.10 Å². The third kappa shape index (κ3) is 1.47. The summed E-state index contributed by atoms with van der Waals surface area (Å²) in [7, 11) is 0. The molecule has 0 spiro atoms. The molecule has 4 nitrogen and oxygen atoms in total. The van der Waals surface area contributed by atoms with Crippen molar-refractivity contribution < 1.29 is 9.15 Å². The number of rotatable bonds is 1. The first kappa shape index (κ1) is 8.73. The zero-order valence-electron chi connectivity index (χ0n) is 7.74. The lowest BCUT2D eigenvalue weighted by Crippen LogP contribution is -1.85. The summed E-state index contributed by atoms with van der Waals surface area (Å²) < 4.78 is 10.5. The highest BCUT2D eigenvalue weighted by Gasteiger charge is 2.14. The fraction of sp³-hybridized carbons (Fsp3) is 0.200. The topological polar surface area (TPSA) is 48.2 Å². The Morgan fingerprint density at radius 1 is 1.27 bits per heavy atom. The van der Waals surface area contributed by atoms with Crippen LogP contribution in [-0.2, 0) is 6.42 Å². The van der Waals surface area contributed by atoms with Gasteiger partial charge in [-0.25, -0.2) is 0 Å². The summed E-state index contributed by atoms with van der Waals surface area (Å²) in [6, 6.07) is 5.79. The summed E-state index contributed by atoms with van der Waals surface area (Å²) in [5.41, 5.74) is 2.04. The van der Waals surface area contributed by atoms with E-state index in [1.165, 1.54) is 5.56 Å². The SMILES string of the molecule is Clc1nnc(-c2ccc3c(c2)CCO3)o1. The number of nitrogens with zero attached hydrogens (tertiary/aromatic N) is 2. The monoisotopic (exact) mass is 222 g/mol. The van der Waals surface area contributed by atoms with Crippen LogP contribution in [0.5, 0.6) is 5.75 Å². The Hall–Kier alpha value is -1.55. The second-order valence-corrected chi connectivity index (χ2v) is 3.60. The van der Waals surface area contributed by atoms with Crippen molar-refractivity contribution in [2.45, 2.75) is 6.42 Å². The van der Waals surface area contributed by atoms with Crippen molar-refractivity contribution in [1.29, 1.82) is 0 Å². The summed E-state index contributed by atoms with van der Waals surface area (Å²) >= 11 is 5.56. The van der Waals surface area contributed by atoms with Crippen LogP contribution in [0.1, 0.15) is 5.56 Å². The van der Waals surface area contributed by atoms with Gasteiger partial charge in [0.25, 0.3) is 0 Å². The van der Waals surface area contributed by atoms with Crippen molar-refractivity contribution in [1.82, 2.24) is 10.2 Å². The molecule has 0 aliphatic carbocycles. The van der Waals surface area contributed by atoms with E-state index in [9.17, 15) is 0 Å². The molecule has 2 heterocycles. The van der Waals surface area contributed by atoms with Crippen LogP contribution in [0.15, 0.2) is 22.6 Å². The van der Waals surface area contributed by atoms with Crippen LogP contribution >= 0.6 is 11.6 Å². The van der Waals surface area contributed by atoms with Gasteiger partial charge in [0.2, 0.25) is 5.89 Å². The minimum absolute atomic E-state index is 0.0572. The van der Waals surface area contributed by atoms with Crippen molar-refractivity contribution in [2.24, 2.45) is 0 Å². The van der Waals surface area contributed by atoms with Crippen LogP contribution in [0.2, 0.25) is 5.35 Å². The van der Waals surface area contributed by atoms with Gasteiger partial charge < -0.3 is 9.15 Å². The van der Waals surface area contributed by atoms with Gasteiger partial charge in [-0.15, -0.1) is 5.10 Å². The van der Waals surface area contributed by atoms with Gasteiger partial charge in [0, 0.05) is 12.0 Å². The van der Waals surface area contributed by atoms with Crippen molar-refractivity contribution in [3.05, 3.63) is 29.1 Å². The molecule has 0 N–H and O–H groups in total. The van der Waals surface area contributed by atoms with Crippen LogP contribution < -0.4 is 4.74 Å². The summed E-state index contributed by atoms with van der Waals surface area (Å²) in [6.45, 7) is 0.739. The number of hydrogen-bond acceptors (Lipinski definition) is 4. The lowest BCUT2D eigenvalue weighted by Gasteiger charge is -1.99. The third-order valence-corrected chi connectivity index (χ3v) is 2.49. The van der Waals surface area contributed by atoms with E-state index in [1.54, 1.807) is 0 Å². The average molecular weight is 223 g/mol. The molecule has 0 atom stereocenters. The lowest BCUT2D eigenvalue weighted by atomic mass is 10.1. The highest BCUT2D eigenvalue weighted by Crippen LogP contribution is 2.30. The smallest absolute Gasteiger partial charge is 0.313 e. The molecule has 0 saturated carbocycles. The first-order valence-corrected chi connectivity index (χ1v) is 4.96. The molecule has 0 bridgehead atoms.